The molecule has 0 saturated carbocycles. The average molecular weight is 355 g/mol. The van der Waals surface area contributed by atoms with Gasteiger partial charge in [-0.25, -0.2) is 4.39 Å². The van der Waals surface area contributed by atoms with Crippen LogP contribution in [0.1, 0.15) is 17.2 Å². The summed E-state index contributed by atoms with van der Waals surface area (Å²) in [6.45, 7) is 0. The van der Waals surface area contributed by atoms with Gasteiger partial charge in [-0.3, -0.25) is 0 Å². The highest BCUT2D eigenvalue weighted by Gasteiger charge is 2.14. The van der Waals surface area contributed by atoms with Crippen LogP contribution in [0.15, 0.2) is 48.5 Å². The molecular weight excluding hydrogens is 340 g/mol. The van der Waals surface area contributed by atoms with Crippen molar-refractivity contribution in [2.24, 2.45) is 0 Å². The van der Waals surface area contributed by atoms with Gasteiger partial charge in [0.15, 0.2) is 0 Å². The van der Waals surface area contributed by atoms with Crippen molar-refractivity contribution in [3.63, 3.8) is 0 Å². The fourth-order valence-electron chi connectivity index (χ4n) is 2.01. The van der Waals surface area contributed by atoms with Gasteiger partial charge in [0.2, 0.25) is 0 Å². The quantitative estimate of drug-likeness (QED) is 0.820. The molecule has 0 radical (unpaired) electrons. The number of nitrogens with one attached hydrogen (secondary N) is 1. The second-order valence-corrected chi connectivity index (χ2v) is 5.32. The van der Waals surface area contributed by atoms with Gasteiger partial charge in [0, 0.05) is 9.61 Å². The third-order valence-electron chi connectivity index (χ3n) is 3.01. The zero-order valence-corrected chi connectivity index (χ0v) is 12.3. The van der Waals surface area contributed by atoms with Crippen LogP contribution in [0, 0.1) is 9.39 Å². The normalized spacial score (nSPS) is 12.4. The van der Waals surface area contributed by atoms with E-state index in [1.165, 1.54) is 15.2 Å². The predicted molar refractivity (Wildman–Crippen MR) is 81.1 cm³/mol. The van der Waals surface area contributed by atoms with E-state index in [1.807, 2.05) is 31.3 Å². The Morgan fingerprint density at radius 2 is 1.78 bits per heavy atom. The maximum Gasteiger partial charge on any atom is 0.126 e. The molecule has 0 bridgehead atoms. The lowest BCUT2D eigenvalue weighted by Crippen LogP contribution is -2.20. The fraction of sp³-hybridized carbons (Fsp3) is 0.200. The first kappa shape index (κ1) is 13.5. The Morgan fingerprint density at radius 3 is 2.44 bits per heavy atom. The molecule has 1 N–H and O–H groups in total. The lowest BCUT2D eigenvalue weighted by molar-refractivity contribution is 0.553. The van der Waals surface area contributed by atoms with E-state index in [4.69, 9.17) is 0 Å². The molecule has 94 valence electrons. The van der Waals surface area contributed by atoms with Crippen molar-refractivity contribution in [3.05, 3.63) is 69.0 Å². The zero-order chi connectivity index (χ0) is 13.0. The van der Waals surface area contributed by atoms with Gasteiger partial charge in [0.1, 0.15) is 5.82 Å². The molecule has 0 aliphatic rings. The average Bonchev–Trinajstić information content (AvgIpc) is 2.39. The summed E-state index contributed by atoms with van der Waals surface area (Å²) < 4.78 is 14.9. The van der Waals surface area contributed by atoms with Gasteiger partial charge < -0.3 is 5.32 Å². The molecule has 3 heteroatoms. The van der Waals surface area contributed by atoms with Crippen molar-refractivity contribution in [2.75, 3.05) is 7.05 Å². The molecule has 0 amide bonds. The zero-order valence-electron chi connectivity index (χ0n) is 10.2. The molecule has 0 aliphatic heterocycles. The Labute approximate surface area is 121 Å². The molecule has 0 aromatic heterocycles. The second-order valence-electron chi connectivity index (χ2n) is 4.16. The van der Waals surface area contributed by atoms with Crippen molar-refractivity contribution in [3.8, 4) is 0 Å². The number of halogens is 2. The number of rotatable bonds is 4. The van der Waals surface area contributed by atoms with E-state index < -0.39 is 0 Å². The monoisotopic (exact) mass is 355 g/mol. The smallest absolute Gasteiger partial charge is 0.126 e. The molecule has 0 aliphatic carbocycles. The fourth-order valence-corrected chi connectivity index (χ4v) is 2.77. The van der Waals surface area contributed by atoms with Gasteiger partial charge in [-0.2, -0.15) is 0 Å². The standard InChI is InChI=1S/C15H15FIN/c1-18-15(12-7-3-5-9-14(12)17)10-11-6-2-4-8-13(11)16/h2-9,15,18H,10H2,1H3. The van der Waals surface area contributed by atoms with E-state index >= 15 is 0 Å². The number of likely N-dealkylation sites (N-methyl/N-ethyl adjacent to an activating group) is 1. The summed E-state index contributed by atoms with van der Waals surface area (Å²) in [5, 5.41) is 3.26. The molecule has 0 heterocycles. The molecule has 18 heavy (non-hydrogen) atoms. The molecule has 2 aromatic carbocycles. The van der Waals surface area contributed by atoms with E-state index in [2.05, 4.69) is 40.0 Å². The Kier molecular flexibility index (Phi) is 4.72. The van der Waals surface area contributed by atoms with Crippen LogP contribution in [-0.2, 0) is 6.42 Å². The van der Waals surface area contributed by atoms with Gasteiger partial charge in [-0.15, -0.1) is 0 Å². The van der Waals surface area contributed by atoms with Crippen LogP contribution in [0.3, 0.4) is 0 Å². The van der Waals surface area contributed by atoms with E-state index in [0.29, 0.717) is 6.42 Å². The third kappa shape index (κ3) is 3.09. The Morgan fingerprint density at radius 1 is 1.11 bits per heavy atom. The summed E-state index contributed by atoms with van der Waals surface area (Å²) in [5.41, 5.74) is 1.96. The molecule has 1 nitrogen and oxygen atoms in total. The molecule has 0 spiro atoms. The van der Waals surface area contributed by atoms with Gasteiger partial charge in [-0.05, 0) is 59.3 Å². The van der Waals surface area contributed by atoms with Crippen LogP contribution in [-0.4, -0.2) is 7.05 Å². The lowest BCUT2D eigenvalue weighted by Gasteiger charge is -2.18. The van der Waals surface area contributed by atoms with Crippen LogP contribution < -0.4 is 5.32 Å². The van der Waals surface area contributed by atoms with Crippen molar-refractivity contribution in [1.82, 2.24) is 5.32 Å². The van der Waals surface area contributed by atoms with Gasteiger partial charge in [0.05, 0.1) is 0 Å². The van der Waals surface area contributed by atoms with Crippen LogP contribution in [0.25, 0.3) is 0 Å². The Hall–Kier alpha value is -0.940. The first-order chi connectivity index (χ1) is 8.72. The maximum absolute atomic E-state index is 13.7. The van der Waals surface area contributed by atoms with Crippen LogP contribution in [0.5, 0.6) is 0 Å². The second kappa shape index (κ2) is 6.29. The third-order valence-corrected chi connectivity index (χ3v) is 3.99. The summed E-state index contributed by atoms with van der Waals surface area (Å²) in [5.74, 6) is -0.135. The highest BCUT2D eigenvalue weighted by Crippen LogP contribution is 2.24. The minimum Gasteiger partial charge on any atom is -0.313 e. The Bertz CT molecular complexity index is 527. The first-order valence-electron chi connectivity index (χ1n) is 5.87. The van der Waals surface area contributed by atoms with Crippen molar-refractivity contribution < 1.29 is 4.39 Å². The van der Waals surface area contributed by atoms with Gasteiger partial charge >= 0.3 is 0 Å². The summed E-state index contributed by atoms with van der Waals surface area (Å²) in [6, 6.07) is 15.3. The Balaban J connectivity index is 2.26. The minimum atomic E-state index is -0.135. The van der Waals surface area contributed by atoms with Gasteiger partial charge in [0.25, 0.3) is 0 Å². The molecule has 1 unspecified atom stereocenters. The molecule has 0 saturated heterocycles. The van der Waals surface area contributed by atoms with Gasteiger partial charge in [-0.1, -0.05) is 36.4 Å². The van der Waals surface area contributed by atoms with Crippen molar-refractivity contribution >= 4 is 22.6 Å². The van der Waals surface area contributed by atoms with Crippen LogP contribution in [0.4, 0.5) is 4.39 Å². The minimum absolute atomic E-state index is 0.134. The number of hydrogen-bond acceptors (Lipinski definition) is 1. The largest absolute Gasteiger partial charge is 0.313 e. The lowest BCUT2D eigenvalue weighted by atomic mass is 9.99. The maximum atomic E-state index is 13.7. The summed E-state index contributed by atoms with van der Waals surface area (Å²) in [4.78, 5) is 0. The van der Waals surface area contributed by atoms with E-state index in [9.17, 15) is 4.39 Å². The van der Waals surface area contributed by atoms with Crippen molar-refractivity contribution in [2.45, 2.75) is 12.5 Å². The first-order valence-corrected chi connectivity index (χ1v) is 6.95. The SMILES string of the molecule is CNC(Cc1ccccc1F)c1ccccc1I. The van der Waals surface area contributed by atoms with Crippen LogP contribution >= 0.6 is 22.6 Å². The van der Waals surface area contributed by atoms with E-state index in [-0.39, 0.29) is 11.9 Å². The van der Waals surface area contributed by atoms with E-state index in [1.54, 1.807) is 6.07 Å². The van der Waals surface area contributed by atoms with Crippen molar-refractivity contribution in [1.29, 1.82) is 0 Å². The highest BCUT2D eigenvalue weighted by atomic mass is 127. The molecular formula is C15H15FIN. The summed E-state index contributed by atoms with van der Waals surface area (Å²) in [6.07, 6.45) is 0.656. The molecule has 0 fully saturated rings. The predicted octanol–water partition coefficient (Wildman–Crippen LogP) is 3.93. The van der Waals surface area contributed by atoms with E-state index in [0.717, 1.165) is 5.56 Å². The molecule has 2 rings (SSSR count). The number of benzene rings is 2. The number of hydrogen-bond donors (Lipinski definition) is 1. The summed E-state index contributed by atoms with van der Waals surface area (Å²) in [7, 11) is 1.91. The summed E-state index contributed by atoms with van der Waals surface area (Å²) >= 11 is 2.32. The molecule has 1 atom stereocenters. The molecule has 2 aromatic rings. The van der Waals surface area contributed by atoms with Crippen LogP contribution in [0.2, 0.25) is 0 Å². The highest BCUT2D eigenvalue weighted by molar-refractivity contribution is 14.1. The topological polar surface area (TPSA) is 12.0 Å².